The van der Waals surface area contributed by atoms with E-state index in [1.807, 2.05) is 19.2 Å². The molecule has 1 aromatic heterocycles. The van der Waals surface area contributed by atoms with Crippen LogP contribution in [0.5, 0.6) is 0 Å². The molecule has 4 nitrogen and oxygen atoms in total. The molecule has 0 saturated carbocycles. The van der Waals surface area contributed by atoms with Crippen molar-refractivity contribution < 1.29 is 9.15 Å². The van der Waals surface area contributed by atoms with Gasteiger partial charge in [0.15, 0.2) is 0 Å². The average Bonchev–Trinajstić information content (AvgIpc) is 2.95. The molecule has 16 heavy (non-hydrogen) atoms. The van der Waals surface area contributed by atoms with E-state index >= 15 is 0 Å². The molecule has 0 aliphatic carbocycles. The molecular weight excluding hydrogens is 204 g/mol. The van der Waals surface area contributed by atoms with Crippen molar-refractivity contribution in [3.05, 3.63) is 24.2 Å². The molecule has 2 rings (SSSR count). The van der Waals surface area contributed by atoms with Gasteiger partial charge in [0.1, 0.15) is 5.76 Å². The molecule has 0 spiro atoms. The number of hydrogen-bond acceptors (Lipinski definition) is 4. The molecule has 0 radical (unpaired) electrons. The Bertz CT molecular complexity index is 287. The normalized spacial score (nSPS) is 25.1. The first kappa shape index (κ1) is 11.6. The second-order valence-corrected chi connectivity index (χ2v) is 4.23. The second kappa shape index (κ2) is 6.03. The number of rotatable bonds is 6. The van der Waals surface area contributed by atoms with Gasteiger partial charge in [-0.25, -0.2) is 0 Å². The Morgan fingerprint density at radius 3 is 3.12 bits per heavy atom. The molecule has 0 amide bonds. The Labute approximate surface area is 96.4 Å². The summed E-state index contributed by atoms with van der Waals surface area (Å²) in [5.41, 5.74) is 0. The molecule has 2 heterocycles. The van der Waals surface area contributed by atoms with Crippen molar-refractivity contribution >= 4 is 0 Å². The van der Waals surface area contributed by atoms with E-state index in [1.54, 1.807) is 6.26 Å². The largest absolute Gasteiger partial charge is 0.469 e. The van der Waals surface area contributed by atoms with Crippen molar-refractivity contribution in [1.29, 1.82) is 0 Å². The SMILES string of the molecule is CNC1COCC1CNCCc1ccco1. The van der Waals surface area contributed by atoms with Gasteiger partial charge >= 0.3 is 0 Å². The van der Waals surface area contributed by atoms with Gasteiger partial charge in [0.25, 0.3) is 0 Å². The Hall–Kier alpha value is -0.840. The zero-order valence-corrected chi connectivity index (χ0v) is 9.74. The Kier molecular flexibility index (Phi) is 4.39. The highest BCUT2D eigenvalue weighted by Gasteiger charge is 2.25. The van der Waals surface area contributed by atoms with Crippen molar-refractivity contribution in [1.82, 2.24) is 10.6 Å². The lowest BCUT2D eigenvalue weighted by molar-refractivity contribution is 0.182. The predicted octanol–water partition coefficient (Wildman–Crippen LogP) is 0.646. The van der Waals surface area contributed by atoms with Gasteiger partial charge in [-0.3, -0.25) is 0 Å². The molecule has 2 N–H and O–H groups in total. The van der Waals surface area contributed by atoms with Crippen LogP contribution < -0.4 is 10.6 Å². The summed E-state index contributed by atoms with van der Waals surface area (Å²) in [6.45, 7) is 3.66. The lowest BCUT2D eigenvalue weighted by Crippen LogP contribution is -2.38. The standard InChI is InChI=1S/C12H20N2O2/c1-13-12-9-15-8-10(12)7-14-5-4-11-3-2-6-16-11/h2-3,6,10,12-14H,4-5,7-9H2,1H3. The van der Waals surface area contributed by atoms with Gasteiger partial charge in [0.2, 0.25) is 0 Å². The lowest BCUT2D eigenvalue weighted by Gasteiger charge is -2.16. The topological polar surface area (TPSA) is 46.4 Å². The van der Waals surface area contributed by atoms with E-state index in [9.17, 15) is 0 Å². The summed E-state index contributed by atoms with van der Waals surface area (Å²) in [7, 11) is 2.00. The summed E-state index contributed by atoms with van der Waals surface area (Å²) in [4.78, 5) is 0. The van der Waals surface area contributed by atoms with Crippen molar-refractivity contribution in [3.8, 4) is 0 Å². The van der Waals surface area contributed by atoms with Crippen LogP contribution in [0.3, 0.4) is 0 Å². The second-order valence-electron chi connectivity index (χ2n) is 4.23. The Morgan fingerprint density at radius 2 is 2.38 bits per heavy atom. The number of hydrogen-bond donors (Lipinski definition) is 2. The predicted molar refractivity (Wildman–Crippen MR) is 62.4 cm³/mol. The van der Waals surface area contributed by atoms with Gasteiger partial charge in [-0.15, -0.1) is 0 Å². The maximum atomic E-state index is 5.44. The number of nitrogens with one attached hydrogen (secondary N) is 2. The van der Waals surface area contributed by atoms with E-state index in [0.717, 1.165) is 38.5 Å². The highest BCUT2D eigenvalue weighted by Crippen LogP contribution is 2.12. The van der Waals surface area contributed by atoms with E-state index in [0.29, 0.717) is 12.0 Å². The Balaban J connectivity index is 1.61. The van der Waals surface area contributed by atoms with Crippen LogP contribution in [-0.4, -0.2) is 39.4 Å². The average molecular weight is 224 g/mol. The van der Waals surface area contributed by atoms with E-state index in [-0.39, 0.29) is 0 Å². The first-order valence-electron chi connectivity index (χ1n) is 5.88. The first-order valence-corrected chi connectivity index (χ1v) is 5.88. The molecule has 2 unspecified atom stereocenters. The van der Waals surface area contributed by atoms with Gasteiger partial charge in [-0.2, -0.15) is 0 Å². The van der Waals surface area contributed by atoms with Crippen LogP contribution in [0.1, 0.15) is 5.76 Å². The van der Waals surface area contributed by atoms with Crippen molar-refractivity contribution in [2.45, 2.75) is 12.5 Å². The summed E-state index contributed by atoms with van der Waals surface area (Å²) >= 11 is 0. The van der Waals surface area contributed by atoms with Gasteiger partial charge < -0.3 is 19.8 Å². The fourth-order valence-corrected chi connectivity index (χ4v) is 2.07. The summed E-state index contributed by atoms with van der Waals surface area (Å²) in [6, 6.07) is 4.43. The molecule has 0 aromatic carbocycles. The Morgan fingerprint density at radius 1 is 1.44 bits per heavy atom. The number of furan rings is 1. The van der Waals surface area contributed by atoms with Crippen LogP contribution in [0.25, 0.3) is 0 Å². The van der Waals surface area contributed by atoms with Gasteiger partial charge in [-0.1, -0.05) is 0 Å². The third-order valence-corrected chi connectivity index (χ3v) is 3.10. The summed E-state index contributed by atoms with van der Waals surface area (Å²) in [5.74, 6) is 1.63. The van der Waals surface area contributed by atoms with Gasteiger partial charge in [0, 0.05) is 31.5 Å². The number of ether oxygens (including phenoxy) is 1. The first-order chi connectivity index (χ1) is 7.90. The van der Waals surface area contributed by atoms with Gasteiger partial charge in [-0.05, 0) is 19.2 Å². The molecule has 90 valence electrons. The van der Waals surface area contributed by atoms with Crippen LogP contribution in [0, 0.1) is 5.92 Å². The molecule has 2 atom stereocenters. The van der Waals surface area contributed by atoms with E-state index in [1.165, 1.54) is 0 Å². The molecule has 1 aromatic rings. The fraction of sp³-hybridized carbons (Fsp3) is 0.667. The third kappa shape index (κ3) is 3.07. The zero-order valence-electron chi connectivity index (χ0n) is 9.74. The molecule has 1 fully saturated rings. The minimum Gasteiger partial charge on any atom is -0.469 e. The van der Waals surface area contributed by atoms with E-state index in [4.69, 9.17) is 9.15 Å². The summed E-state index contributed by atoms with van der Waals surface area (Å²) < 4.78 is 10.7. The molecular formula is C12H20N2O2. The van der Waals surface area contributed by atoms with Crippen LogP contribution in [0.15, 0.2) is 22.8 Å². The molecule has 1 aliphatic heterocycles. The monoisotopic (exact) mass is 224 g/mol. The van der Waals surface area contributed by atoms with E-state index < -0.39 is 0 Å². The molecule has 0 bridgehead atoms. The third-order valence-electron chi connectivity index (χ3n) is 3.10. The minimum absolute atomic E-state index is 0.496. The van der Waals surface area contributed by atoms with Crippen molar-refractivity contribution in [2.75, 3.05) is 33.4 Å². The van der Waals surface area contributed by atoms with Crippen LogP contribution in [0.4, 0.5) is 0 Å². The number of likely N-dealkylation sites (N-methyl/N-ethyl adjacent to an activating group) is 1. The molecule has 1 aliphatic rings. The lowest BCUT2D eigenvalue weighted by atomic mass is 10.0. The maximum absolute atomic E-state index is 5.44. The molecule has 1 saturated heterocycles. The van der Waals surface area contributed by atoms with Crippen LogP contribution >= 0.6 is 0 Å². The van der Waals surface area contributed by atoms with Crippen LogP contribution in [-0.2, 0) is 11.2 Å². The fourth-order valence-electron chi connectivity index (χ4n) is 2.07. The van der Waals surface area contributed by atoms with Crippen molar-refractivity contribution in [2.24, 2.45) is 5.92 Å². The maximum Gasteiger partial charge on any atom is 0.105 e. The van der Waals surface area contributed by atoms with Crippen LogP contribution in [0.2, 0.25) is 0 Å². The smallest absolute Gasteiger partial charge is 0.105 e. The highest BCUT2D eigenvalue weighted by atomic mass is 16.5. The quantitative estimate of drug-likeness (QED) is 0.696. The zero-order chi connectivity index (χ0) is 11.2. The van der Waals surface area contributed by atoms with E-state index in [2.05, 4.69) is 10.6 Å². The highest BCUT2D eigenvalue weighted by molar-refractivity contribution is 4.98. The van der Waals surface area contributed by atoms with Crippen molar-refractivity contribution in [3.63, 3.8) is 0 Å². The van der Waals surface area contributed by atoms with Gasteiger partial charge in [0.05, 0.1) is 19.5 Å². The summed E-state index contributed by atoms with van der Waals surface area (Å²) in [5, 5.41) is 6.73. The summed E-state index contributed by atoms with van der Waals surface area (Å²) in [6.07, 6.45) is 2.67. The minimum atomic E-state index is 0.496. The molecule has 4 heteroatoms.